The maximum Gasteiger partial charge on any atom is 0.321 e. The van der Waals surface area contributed by atoms with Crippen molar-refractivity contribution in [3.05, 3.63) is 29.7 Å². The SMILES string of the molecule is Cc1nc(NC(=O)NCCC(=O)NC(C)(C)CN(C)C)sc1-c1ccc(S(C)(=O)=O)c(F)c1. The molecule has 0 atom stereocenters. The van der Waals surface area contributed by atoms with Crippen LogP contribution in [0, 0.1) is 12.7 Å². The zero-order chi connectivity index (χ0) is 25.0. The van der Waals surface area contributed by atoms with E-state index in [9.17, 15) is 22.4 Å². The molecule has 0 unspecified atom stereocenters. The molecule has 3 amide bonds. The molecular weight excluding hydrogens is 469 g/mol. The van der Waals surface area contributed by atoms with E-state index < -0.39 is 27.2 Å². The zero-order valence-electron chi connectivity index (χ0n) is 19.6. The molecule has 0 aliphatic carbocycles. The highest BCUT2D eigenvalue weighted by molar-refractivity contribution is 7.90. The van der Waals surface area contributed by atoms with Crippen molar-refractivity contribution in [2.45, 2.75) is 37.6 Å². The van der Waals surface area contributed by atoms with Gasteiger partial charge in [0.25, 0.3) is 0 Å². The lowest BCUT2D eigenvalue weighted by molar-refractivity contribution is -0.122. The minimum absolute atomic E-state index is 0.123. The molecule has 1 aromatic heterocycles. The summed E-state index contributed by atoms with van der Waals surface area (Å²) < 4.78 is 37.4. The molecular formula is C21H30FN5O4S2. The third kappa shape index (κ3) is 8.06. The number of halogens is 1. The number of nitrogens with zero attached hydrogens (tertiary/aromatic N) is 2. The Labute approximate surface area is 197 Å². The summed E-state index contributed by atoms with van der Waals surface area (Å²) in [5, 5.41) is 8.43. The fraction of sp³-hybridized carbons (Fsp3) is 0.476. The van der Waals surface area contributed by atoms with Crippen molar-refractivity contribution in [3.8, 4) is 10.4 Å². The summed E-state index contributed by atoms with van der Waals surface area (Å²) in [7, 11) is 0.179. The predicted octanol–water partition coefficient (Wildman–Crippen LogP) is 2.63. The number of hydrogen-bond donors (Lipinski definition) is 3. The highest BCUT2D eigenvalue weighted by Crippen LogP contribution is 2.34. The number of urea groups is 1. The number of benzene rings is 1. The average molecular weight is 500 g/mol. The molecule has 0 saturated heterocycles. The molecule has 0 fully saturated rings. The lowest BCUT2D eigenvalue weighted by Gasteiger charge is -2.29. The number of anilines is 1. The third-order valence-corrected chi connectivity index (χ3v) is 6.69. The van der Waals surface area contributed by atoms with E-state index >= 15 is 0 Å². The quantitative estimate of drug-likeness (QED) is 0.488. The minimum Gasteiger partial charge on any atom is -0.350 e. The number of carbonyl (C=O) groups is 2. The Bertz CT molecular complexity index is 1130. The number of hydrogen-bond acceptors (Lipinski definition) is 7. The standard InChI is InChI=1S/C21H30FN5O4S2/c1-13-18(14-7-8-16(15(22)11-14)33(6,30)31)32-20(24-13)25-19(29)23-10-9-17(28)26-21(2,3)12-27(4)5/h7-8,11H,9-10,12H2,1-6H3,(H,26,28)(H2,23,24,25,29). The van der Waals surface area contributed by atoms with Gasteiger partial charge in [-0.15, -0.1) is 0 Å². The van der Waals surface area contributed by atoms with Gasteiger partial charge in [-0.3, -0.25) is 10.1 Å². The highest BCUT2D eigenvalue weighted by atomic mass is 32.2. The van der Waals surface area contributed by atoms with E-state index in [-0.39, 0.29) is 23.8 Å². The zero-order valence-corrected chi connectivity index (χ0v) is 21.2. The van der Waals surface area contributed by atoms with Crippen molar-refractivity contribution in [1.29, 1.82) is 0 Å². The maximum atomic E-state index is 14.2. The summed E-state index contributed by atoms with van der Waals surface area (Å²) in [6.07, 6.45) is 1.07. The number of amides is 3. The van der Waals surface area contributed by atoms with E-state index in [0.717, 1.165) is 23.7 Å². The smallest absolute Gasteiger partial charge is 0.321 e. The van der Waals surface area contributed by atoms with Gasteiger partial charge in [-0.2, -0.15) is 0 Å². The number of carbonyl (C=O) groups excluding carboxylic acids is 2. The number of thiazole rings is 1. The molecule has 0 saturated carbocycles. The molecule has 0 bridgehead atoms. The molecule has 3 N–H and O–H groups in total. The summed E-state index contributed by atoms with van der Waals surface area (Å²) in [6, 6.07) is 3.33. The van der Waals surface area contributed by atoms with Gasteiger partial charge < -0.3 is 15.5 Å². The molecule has 9 nitrogen and oxygen atoms in total. The Morgan fingerprint density at radius 2 is 1.91 bits per heavy atom. The van der Waals surface area contributed by atoms with E-state index in [4.69, 9.17) is 0 Å². The fourth-order valence-electron chi connectivity index (χ4n) is 3.36. The number of aryl methyl sites for hydroxylation is 1. The van der Waals surface area contributed by atoms with Crippen LogP contribution >= 0.6 is 11.3 Å². The van der Waals surface area contributed by atoms with Gasteiger partial charge in [-0.25, -0.2) is 22.6 Å². The van der Waals surface area contributed by atoms with Crippen LogP contribution in [0.3, 0.4) is 0 Å². The summed E-state index contributed by atoms with van der Waals surface area (Å²) in [6.45, 7) is 6.38. The van der Waals surface area contributed by atoms with Gasteiger partial charge >= 0.3 is 6.03 Å². The van der Waals surface area contributed by atoms with Gasteiger partial charge in [0.2, 0.25) is 5.91 Å². The lowest BCUT2D eigenvalue weighted by atomic mass is 10.1. The lowest BCUT2D eigenvalue weighted by Crippen LogP contribution is -2.50. The van der Waals surface area contributed by atoms with Crippen molar-refractivity contribution in [2.75, 3.05) is 38.8 Å². The Hall–Kier alpha value is -2.57. The summed E-state index contributed by atoms with van der Waals surface area (Å²) in [4.78, 5) is 30.8. The summed E-state index contributed by atoms with van der Waals surface area (Å²) in [5.74, 6) is -1.02. The van der Waals surface area contributed by atoms with E-state index in [2.05, 4.69) is 20.9 Å². The Morgan fingerprint density at radius 1 is 1.24 bits per heavy atom. The normalized spacial score (nSPS) is 12.0. The second kappa shape index (κ2) is 10.6. The number of aromatic nitrogens is 1. The van der Waals surface area contributed by atoms with Crippen molar-refractivity contribution < 1.29 is 22.4 Å². The fourth-order valence-corrected chi connectivity index (χ4v) is 5.05. The first-order valence-electron chi connectivity index (χ1n) is 10.2. The van der Waals surface area contributed by atoms with Crippen LogP contribution in [-0.4, -0.2) is 69.2 Å². The molecule has 0 aliphatic heterocycles. The Morgan fingerprint density at radius 3 is 2.48 bits per heavy atom. The molecule has 0 spiro atoms. The first-order chi connectivity index (χ1) is 15.2. The number of rotatable bonds is 9. The minimum atomic E-state index is -3.67. The molecule has 12 heteroatoms. The first kappa shape index (κ1) is 26.7. The third-order valence-electron chi connectivity index (χ3n) is 4.44. The van der Waals surface area contributed by atoms with Crippen LogP contribution in [0.5, 0.6) is 0 Å². The second-order valence-corrected chi connectivity index (χ2v) is 11.6. The van der Waals surface area contributed by atoms with Gasteiger partial charge in [-0.05, 0) is 52.6 Å². The maximum absolute atomic E-state index is 14.2. The van der Waals surface area contributed by atoms with Crippen LogP contribution in [0.25, 0.3) is 10.4 Å². The molecule has 0 radical (unpaired) electrons. The first-order valence-corrected chi connectivity index (χ1v) is 12.9. The monoisotopic (exact) mass is 499 g/mol. The number of likely N-dealkylation sites (N-methyl/N-ethyl adjacent to an activating group) is 1. The van der Waals surface area contributed by atoms with Gasteiger partial charge in [-0.1, -0.05) is 17.4 Å². The second-order valence-electron chi connectivity index (χ2n) is 8.65. The Kier molecular flexibility index (Phi) is 8.55. The van der Waals surface area contributed by atoms with Crippen molar-refractivity contribution in [3.63, 3.8) is 0 Å². The van der Waals surface area contributed by atoms with E-state index in [0.29, 0.717) is 27.8 Å². The van der Waals surface area contributed by atoms with E-state index in [1.807, 2.05) is 32.8 Å². The van der Waals surface area contributed by atoms with E-state index in [1.54, 1.807) is 6.92 Å². The van der Waals surface area contributed by atoms with Crippen LogP contribution in [-0.2, 0) is 14.6 Å². The largest absolute Gasteiger partial charge is 0.350 e. The van der Waals surface area contributed by atoms with Gasteiger partial charge in [0, 0.05) is 31.3 Å². The summed E-state index contributed by atoms with van der Waals surface area (Å²) in [5.41, 5.74) is 0.626. The molecule has 2 rings (SSSR count). The molecule has 2 aromatic rings. The van der Waals surface area contributed by atoms with Crippen LogP contribution in [0.1, 0.15) is 26.0 Å². The van der Waals surface area contributed by atoms with Crippen molar-refractivity contribution >= 4 is 38.2 Å². The number of nitrogens with one attached hydrogen (secondary N) is 3. The van der Waals surface area contributed by atoms with Crippen molar-refractivity contribution in [2.24, 2.45) is 0 Å². The van der Waals surface area contributed by atoms with Crippen LogP contribution in [0.4, 0.5) is 14.3 Å². The molecule has 1 heterocycles. The van der Waals surface area contributed by atoms with Crippen molar-refractivity contribution in [1.82, 2.24) is 20.5 Å². The molecule has 182 valence electrons. The topological polar surface area (TPSA) is 120 Å². The van der Waals surface area contributed by atoms with Gasteiger partial charge in [0.05, 0.1) is 10.6 Å². The molecule has 33 heavy (non-hydrogen) atoms. The van der Waals surface area contributed by atoms with Crippen LogP contribution in [0.2, 0.25) is 0 Å². The van der Waals surface area contributed by atoms with Gasteiger partial charge in [0.15, 0.2) is 15.0 Å². The van der Waals surface area contributed by atoms with Gasteiger partial charge in [0.1, 0.15) is 10.7 Å². The molecule has 1 aromatic carbocycles. The summed E-state index contributed by atoms with van der Waals surface area (Å²) >= 11 is 1.13. The highest BCUT2D eigenvalue weighted by Gasteiger charge is 2.21. The Balaban J connectivity index is 1.94. The molecule has 0 aliphatic rings. The van der Waals surface area contributed by atoms with E-state index in [1.165, 1.54) is 12.1 Å². The average Bonchev–Trinajstić information content (AvgIpc) is 2.98. The number of sulfone groups is 1. The van der Waals surface area contributed by atoms with Crippen LogP contribution < -0.4 is 16.0 Å². The predicted molar refractivity (Wildman–Crippen MR) is 128 cm³/mol. The van der Waals surface area contributed by atoms with Crippen LogP contribution in [0.15, 0.2) is 23.1 Å².